The number of anilines is 1. The van der Waals surface area contributed by atoms with Crippen molar-refractivity contribution in [1.82, 2.24) is 15.1 Å². The first kappa shape index (κ1) is 18.7. The Labute approximate surface area is 148 Å². The van der Waals surface area contributed by atoms with Crippen molar-refractivity contribution >= 4 is 17.5 Å². The first-order valence-electron chi connectivity index (χ1n) is 8.71. The van der Waals surface area contributed by atoms with Crippen molar-refractivity contribution < 1.29 is 9.59 Å². The quantitative estimate of drug-likeness (QED) is 0.757. The Kier molecular flexibility index (Phi) is 6.33. The summed E-state index contributed by atoms with van der Waals surface area (Å²) in [6.07, 6.45) is 2.13. The zero-order chi connectivity index (χ0) is 18.4. The Bertz CT molecular complexity index is 765. The van der Waals surface area contributed by atoms with E-state index in [9.17, 15) is 9.59 Å². The first-order chi connectivity index (χ1) is 12.0. The molecule has 0 spiro atoms. The van der Waals surface area contributed by atoms with E-state index in [0.29, 0.717) is 24.2 Å². The second-order valence-corrected chi connectivity index (χ2v) is 5.87. The lowest BCUT2D eigenvalue weighted by Gasteiger charge is -2.10. The number of aryl methyl sites for hydroxylation is 2. The third-order valence-corrected chi connectivity index (χ3v) is 4.22. The van der Waals surface area contributed by atoms with Gasteiger partial charge in [0.25, 0.3) is 0 Å². The second-order valence-electron chi connectivity index (χ2n) is 5.87. The number of carbonyl (C=O) groups excluding carboxylic acids is 2. The minimum Gasteiger partial charge on any atom is -0.334 e. The molecule has 1 aromatic carbocycles. The number of urea groups is 1. The zero-order valence-electron chi connectivity index (χ0n) is 15.3. The van der Waals surface area contributed by atoms with E-state index in [1.165, 1.54) is 0 Å². The summed E-state index contributed by atoms with van der Waals surface area (Å²) in [6, 6.07) is 6.69. The topological polar surface area (TPSA) is 76.0 Å². The summed E-state index contributed by atoms with van der Waals surface area (Å²) in [5, 5.41) is 10.2. The number of ketones is 1. The van der Waals surface area contributed by atoms with Crippen LogP contribution in [0.1, 0.15) is 54.5 Å². The van der Waals surface area contributed by atoms with Crippen molar-refractivity contribution in [3.8, 4) is 0 Å². The number of amides is 2. The average Bonchev–Trinajstić information content (AvgIpc) is 2.94. The van der Waals surface area contributed by atoms with Crippen molar-refractivity contribution in [2.24, 2.45) is 7.05 Å². The van der Waals surface area contributed by atoms with Crippen LogP contribution in [-0.2, 0) is 26.4 Å². The van der Waals surface area contributed by atoms with E-state index in [4.69, 9.17) is 0 Å². The Hall–Kier alpha value is -2.63. The number of carbonyl (C=O) groups is 2. The first-order valence-corrected chi connectivity index (χ1v) is 8.71. The molecule has 0 saturated heterocycles. The van der Waals surface area contributed by atoms with Crippen LogP contribution in [0.15, 0.2) is 24.3 Å². The van der Waals surface area contributed by atoms with Gasteiger partial charge in [0.2, 0.25) is 0 Å². The molecule has 2 amide bonds. The number of Topliss-reactive ketones (excluding diaryl/α,β-unsaturated/α-hetero) is 1. The van der Waals surface area contributed by atoms with Crippen molar-refractivity contribution in [2.75, 3.05) is 5.32 Å². The van der Waals surface area contributed by atoms with E-state index in [1.807, 2.05) is 18.7 Å². The van der Waals surface area contributed by atoms with Gasteiger partial charge in [0.1, 0.15) is 0 Å². The lowest BCUT2D eigenvalue weighted by molar-refractivity contribution is 0.0988. The summed E-state index contributed by atoms with van der Waals surface area (Å²) in [4.78, 5) is 24.0. The molecule has 0 aliphatic heterocycles. The molecule has 0 aliphatic rings. The van der Waals surface area contributed by atoms with Crippen LogP contribution in [0.25, 0.3) is 0 Å². The third-order valence-electron chi connectivity index (χ3n) is 4.22. The van der Waals surface area contributed by atoms with Crippen LogP contribution < -0.4 is 10.6 Å². The third kappa shape index (κ3) is 4.47. The molecule has 6 nitrogen and oxygen atoms in total. The molecule has 134 valence electrons. The lowest BCUT2D eigenvalue weighted by atomic mass is 10.1. The van der Waals surface area contributed by atoms with Crippen LogP contribution in [0.4, 0.5) is 10.5 Å². The number of hydrogen-bond donors (Lipinski definition) is 2. The van der Waals surface area contributed by atoms with Crippen molar-refractivity contribution in [3.05, 3.63) is 46.8 Å². The van der Waals surface area contributed by atoms with Crippen molar-refractivity contribution in [1.29, 1.82) is 0 Å². The van der Waals surface area contributed by atoms with Crippen LogP contribution >= 0.6 is 0 Å². The highest BCUT2D eigenvalue weighted by atomic mass is 16.2. The van der Waals surface area contributed by atoms with Gasteiger partial charge in [-0.1, -0.05) is 32.9 Å². The molecule has 0 radical (unpaired) electrons. The molecule has 1 aromatic heterocycles. The molecule has 0 atom stereocenters. The maximum atomic E-state index is 12.2. The Balaban J connectivity index is 2.03. The molecule has 0 unspecified atom stereocenters. The fourth-order valence-corrected chi connectivity index (χ4v) is 2.91. The van der Waals surface area contributed by atoms with E-state index in [2.05, 4.69) is 29.6 Å². The molecule has 25 heavy (non-hydrogen) atoms. The van der Waals surface area contributed by atoms with Gasteiger partial charge in [-0.15, -0.1) is 0 Å². The Morgan fingerprint density at radius 3 is 2.56 bits per heavy atom. The van der Waals surface area contributed by atoms with E-state index in [-0.39, 0.29) is 11.8 Å². The highest BCUT2D eigenvalue weighted by Gasteiger charge is 2.14. The van der Waals surface area contributed by atoms with Gasteiger partial charge in [-0.3, -0.25) is 9.48 Å². The minimum absolute atomic E-state index is 0.0552. The highest BCUT2D eigenvalue weighted by Crippen LogP contribution is 2.16. The number of aromatic nitrogens is 2. The minimum atomic E-state index is -0.297. The van der Waals surface area contributed by atoms with Crippen LogP contribution in [0.2, 0.25) is 0 Å². The summed E-state index contributed by atoms with van der Waals surface area (Å²) in [6.45, 7) is 6.39. The Morgan fingerprint density at radius 2 is 1.92 bits per heavy atom. The van der Waals surface area contributed by atoms with Crippen LogP contribution in [0.3, 0.4) is 0 Å². The lowest BCUT2D eigenvalue weighted by Crippen LogP contribution is -2.28. The fraction of sp³-hybridized carbons (Fsp3) is 0.421. The number of nitrogens with one attached hydrogen (secondary N) is 2. The van der Waals surface area contributed by atoms with Crippen LogP contribution in [0, 0.1) is 0 Å². The number of benzene rings is 1. The van der Waals surface area contributed by atoms with E-state index in [0.717, 1.165) is 29.8 Å². The second kappa shape index (κ2) is 8.46. The van der Waals surface area contributed by atoms with Gasteiger partial charge in [0, 0.05) is 42.5 Å². The predicted molar refractivity (Wildman–Crippen MR) is 98.9 cm³/mol. The van der Waals surface area contributed by atoms with Gasteiger partial charge in [-0.25, -0.2) is 4.79 Å². The smallest absolute Gasteiger partial charge is 0.319 e. The molecule has 0 fully saturated rings. The van der Waals surface area contributed by atoms with Gasteiger partial charge >= 0.3 is 6.03 Å². The molecule has 1 heterocycles. The molecule has 2 N–H and O–H groups in total. The summed E-state index contributed by atoms with van der Waals surface area (Å²) in [5.41, 5.74) is 4.43. The normalized spacial score (nSPS) is 10.6. The molecular weight excluding hydrogens is 316 g/mol. The van der Waals surface area contributed by atoms with E-state index < -0.39 is 0 Å². The van der Waals surface area contributed by atoms with E-state index in [1.54, 1.807) is 24.3 Å². The molecule has 0 bridgehead atoms. The van der Waals surface area contributed by atoms with Gasteiger partial charge in [0.05, 0.1) is 5.69 Å². The molecular formula is C19H26N4O2. The van der Waals surface area contributed by atoms with Gasteiger partial charge in [0.15, 0.2) is 5.78 Å². The molecule has 0 aliphatic carbocycles. The zero-order valence-corrected chi connectivity index (χ0v) is 15.3. The SMILES string of the molecule is CCC(=O)c1cccc(NC(=O)NCc2c(CC)nn(C)c2CC)c1. The standard InChI is InChI=1S/C19H26N4O2/c1-5-16-15(17(6-2)23(4)22-16)12-20-19(25)21-14-10-8-9-13(11-14)18(24)7-3/h8-11H,5-7,12H2,1-4H3,(H2,20,21,25). The maximum absolute atomic E-state index is 12.2. The summed E-state index contributed by atoms with van der Waals surface area (Å²) < 4.78 is 1.88. The number of nitrogens with zero attached hydrogens (tertiary/aromatic N) is 2. The Morgan fingerprint density at radius 1 is 1.16 bits per heavy atom. The van der Waals surface area contributed by atoms with Crippen LogP contribution in [-0.4, -0.2) is 21.6 Å². The fourth-order valence-electron chi connectivity index (χ4n) is 2.91. The molecule has 0 saturated carbocycles. The van der Waals surface area contributed by atoms with E-state index >= 15 is 0 Å². The number of rotatable bonds is 7. The molecule has 6 heteroatoms. The van der Waals surface area contributed by atoms with Crippen LogP contribution in [0.5, 0.6) is 0 Å². The maximum Gasteiger partial charge on any atom is 0.319 e. The van der Waals surface area contributed by atoms with Gasteiger partial charge in [-0.05, 0) is 25.0 Å². The van der Waals surface area contributed by atoms with Crippen molar-refractivity contribution in [3.63, 3.8) is 0 Å². The molecule has 2 aromatic rings. The monoisotopic (exact) mass is 342 g/mol. The van der Waals surface area contributed by atoms with Crippen molar-refractivity contribution in [2.45, 2.75) is 46.6 Å². The van der Waals surface area contributed by atoms with Gasteiger partial charge in [-0.2, -0.15) is 5.10 Å². The average molecular weight is 342 g/mol. The summed E-state index contributed by atoms with van der Waals surface area (Å²) >= 11 is 0. The number of hydrogen-bond acceptors (Lipinski definition) is 3. The summed E-state index contributed by atoms with van der Waals surface area (Å²) in [7, 11) is 1.93. The van der Waals surface area contributed by atoms with Gasteiger partial charge < -0.3 is 10.6 Å². The highest BCUT2D eigenvalue weighted by molar-refractivity contribution is 5.98. The summed E-state index contributed by atoms with van der Waals surface area (Å²) in [5.74, 6) is 0.0552. The molecule has 2 rings (SSSR count). The predicted octanol–water partition coefficient (Wildman–Crippen LogP) is 3.46. The largest absolute Gasteiger partial charge is 0.334 e.